The third-order valence-corrected chi connectivity index (χ3v) is 5.13. The Morgan fingerprint density at radius 2 is 1.81 bits per heavy atom. The minimum Gasteiger partial charge on any atom is -0.310 e. The maximum Gasteiger partial charge on any atom is 0.230 e. The van der Waals surface area contributed by atoms with Crippen molar-refractivity contribution in [3.05, 3.63) is 95.8 Å². The van der Waals surface area contributed by atoms with Gasteiger partial charge in [-0.3, -0.25) is 14.8 Å². The zero-order valence-electron chi connectivity index (χ0n) is 18.0. The van der Waals surface area contributed by atoms with Gasteiger partial charge in [-0.05, 0) is 66.4 Å². The lowest BCUT2D eigenvalue weighted by atomic mass is 10.0. The van der Waals surface area contributed by atoms with Crippen molar-refractivity contribution in [2.45, 2.75) is 26.7 Å². The molecule has 0 saturated carbocycles. The molecule has 160 valence electrons. The normalized spacial score (nSPS) is 10.7. The molecule has 0 fully saturated rings. The van der Waals surface area contributed by atoms with Crippen LogP contribution in [0.1, 0.15) is 23.7 Å². The van der Waals surface area contributed by atoms with Crippen molar-refractivity contribution in [3.8, 4) is 22.4 Å². The molecule has 0 aliphatic rings. The molecule has 3 heterocycles. The molecule has 6 heteroatoms. The minimum atomic E-state index is -0.301. The standard InChI is InChI=1S/C26H23FN4O/c1-3-19-12-18(15-30-26(19)21-9-10-28-17(2)11-21)13-25(32)31-24-8-7-22(16-29-24)20-5-4-6-23(27)14-20/h4-12,14-16H,3,13H2,1-2H3,(H,29,31,32). The Balaban J connectivity index is 1.45. The van der Waals surface area contributed by atoms with Crippen molar-refractivity contribution >= 4 is 11.7 Å². The number of hydrogen-bond acceptors (Lipinski definition) is 4. The van der Waals surface area contributed by atoms with Crippen molar-refractivity contribution in [2.24, 2.45) is 0 Å². The first kappa shape index (κ1) is 21.3. The second-order valence-electron chi connectivity index (χ2n) is 7.56. The second kappa shape index (κ2) is 9.47. The summed E-state index contributed by atoms with van der Waals surface area (Å²) in [6.07, 6.45) is 6.14. The number of benzene rings is 1. The Labute approximate surface area is 186 Å². The zero-order chi connectivity index (χ0) is 22.5. The summed E-state index contributed by atoms with van der Waals surface area (Å²) in [6.45, 7) is 4.02. The van der Waals surface area contributed by atoms with E-state index in [2.05, 4.69) is 27.2 Å². The minimum absolute atomic E-state index is 0.174. The fraction of sp³-hybridized carbons (Fsp3) is 0.154. The van der Waals surface area contributed by atoms with Gasteiger partial charge in [0.2, 0.25) is 5.91 Å². The summed E-state index contributed by atoms with van der Waals surface area (Å²) >= 11 is 0. The molecule has 0 unspecified atom stereocenters. The van der Waals surface area contributed by atoms with Crippen molar-refractivity contribution in [3.63, 3.8) is 0 Å². The number of carbonyl (C=O) groups excluding carboxylic acids is 1. The maximum atomic E-state index is 13.4. The largest absolute Gasteiger partial charge is 0.310 e. The van der Waals surface area contributed by atoms with Gasteiger partial charge in [-0.2, -0.15) is 0 Å². The highest BCUT2D eigenvalue weighted by molar-refractivity contribution is 5.91. The molecule has 1 aromatic carbocycles. The number of aromatic nitrogens is 3. The maximum absolute atomic E-state index is 13.4. The van der Waals surface area contributed by atoms with E-state index < -0.39 is 0 Å². The molecule has 1 N–H and O–H groups in total. The Morgan fingerprint density at radius 1 is 0.938 bits per heavy atom. The van der Waals surface area contributed by atoms with E-state index in [-0.39, 0.29) is 18.1 Å². The highest BCUT2D eigenvalue weighted by atomic mass is 19.1. The first-order chi connectivity index (χ1) is 15.5. The molecule has 4 rings (SSSR count). The Hall–Kier alpha value is -3.93. The lowest BCUT2D eigenvalue weighted by molar-refractivity contribution is -0.115. The monoisotopic (exact) mass is 426 g/mol. The number of halogens is 1. The average Bonchev–Trinajstić information content (AvgIpc) is 2.79. The van der Waals surface area contributed by atoms with Gasteiger partial charge in [0.15, 0.2) is 0 Å². The molecule has 5 nitrogen and oxygen atoms in total. The van der Waals surface area contributed by atoms with E-state index in [4.69, 9.17) is 0 Å². The molecule has 4 aromatic rings. The molecule has 0 atom stereocenters. The van der Waals surface area contributed by atoms with Crippen LogP contribution in [0.5, 0.6) is 0 Å². The average molecular weight is 426 g/mol. The number of hydrogen-bond donors (Lipinski definition) is 1. The van der Waals surface area contributed by atoms with Crippen molar-refractivity contribution in [2.75, 3.05) is 5.32 Å². The number of rotatable bonds is 6. The van der Waals surface area contributed by atoms with Gasteiger partial charge in [0.25, 0.3) is 0 Å². The number of amides is 1. The molecular weight excluding hydrogens is 403 g/mol. The van der Waals surface area contributed by atoms with Crippen LogP contribution in [-0.2, 0) is 17.6 Å². The van der Waals surface area contributed by atoms with E-state index >= 15 is 0 Å². The Kier molecular flexibility index (Phi) is 6.31. The van der Waals surface area contributed by atoms with E-state index in [1.54, 1.807) is 36.8 Å². The van der Waals surface area contributed by atoms with E-state index in [0.717, 1.165) is 45.6 Å². The molecule has 0 aliphatic heterocycles. The lowest BCUT2D eigenvalue weighted by Crippen LogP contribution is -2.15. The number of pyridine rings is 3. The quantitative estimate of drug-likeness (QED) is 0.448. The Bertz CT molecular complexity index is 1250. The van der Waals surface area contributed by atoms with Gasteiger partial charge in [-0.25, -0.2) is 9.37 Å². The third-order valence-electron chi connectivity index (χ3n) is 5.13. The summed E-state index contributed by atoms with van der Waals surface area (Å²) in [5, 5.41) is 2.81. The fourth-order valence-corrected chi connectivity index (χ4v) is 3.56. The molecule has 0 spiro atoms. The molecule has 0 aliphatic carbocycles. The molecule has 1 amide bonds. The van der Waals surface area contributed by atoms with Crippen molar-refractivity contribution in [1.82, 2.24) is 15.0 Å². The van der Waals surface area contributed by atoms with Crippen LogP contribution in [-0.4, -0.2) is 20.9 Å². The SMILES string of the molecule is CCc1cc(CC(=O)Nc2ccc(-c3cccc(F)c3)cn2)cnc1-c1ccnc(C)c1. The van der Waals surface area contributed by atoms with Crippen LogP contribution < -0.4 is 5.32 Å². The van der Waals surface area contributed by atoms with Crippen LogP contribution in [0.3, 0.4) is 0 Å². The van der Waals surface area contributed by atoms with Crippen LogP contribution in [0.2, 0.25) is 0 Å². The Morgan fingerprint density at radius 3 is 2.53 bits per heavy atom. The number of anilines is 1. The van der Waals surface area contributed by atoms with E-state index in [9.17, 15) is 9.18 Å². The van der Waals surface area contributed by atoms with Crippen molar-refractivity contribution < 1.29 is 9.18 Å². The third kappa shape index (κ3) is 5.03. The highest BCUT2D eigenvalue weighted by Crippen LogP contribution is 2.24. The van der Waals surface area contributed by atoms with E-state index in [1.807, 2.05) is 31.2 Å². The van der Waals surface area contributed by atoms with Gasteiger partial charge in [0, 0.05) is 35.4 Å². The molecule has 32 heavy (non-hydrogen) atoms. The number of nitrogens with one attached hydrogen (secondary N) is 1. The van der Waals surface area contributed by atoms with Gasteiger partial charge in [-0.1, -0.05) is 25.1 Å². The van der Waals surface area contributed by atoms with Crippen LogP contribution >= 0.6 is 0 Å². The van der Waals surface area contributed by atoms with Gasteiger partial charge < -0.3 is 5.32 Å². The van der Waals surface area contributed by atoms with Crippen LogP contribution in [0, 0.1) is 12.7 Å². The van der Waals surface area contributed by atoms with Crippen LogP contribution in [0.15, 0.2) is 73.2 Å². The molecular formula is C26H23FN4O. The molecule has 0 bridgehead atoms. The first-order valence-electron chi connectivity index (χ1n) is 10.4. The molecule has 3 aromatic heterocycles. The first-order valence-corrected chi connectivity index (χ1v) is 10.4. The second-order valence-corrected chi connectivity index (χ2v) is 7.56. The van der Waals surface area contributed by atoms with Crippen LogP contribution in [0.25, 0.3) is 22.4 Å². The van der Waals surface area contributed by atoms with Gasteiger partial charge in [0.1, 0.15) is 11.6 Å². The summed E-state index contributed by atoms with van der Waals surface area (Å²) in [6, 6.07) is 15.8. The zero-order valence-corrected chi connectivity index (χ0v) is 18.0. The predicted octanol–water partition coefficient (Wildman–Crippen LogP) is 5.40. The fourth-order valence-electron chi connectivity index (χ4n) is 3.56. The predicted molar refractivity (Wildman–Crippen MR) is 124 cm³/mol. The van der Waals surface area contributed by atoms with Gasteiger partial charge >= 0.3 is 0 Å². The number of nitrogens with zero attached hydrogens (tertiary/aromatic N) is 3. The number of carbonyl (C=O) groups is 1. The molecule has 0 saturated heterocycles. The topological polar surface area (TPSA) is 67.8 Å². The summed E-state index contributed by atoms with van der Waals surface area (Å²) in [4.78, 5) is 25.7. The lowest BCUT2D eigenvalue weighted by Gasteiger charge is -2.11. The summed E-state index contributed by atoms with van der Waals surface area (Å²) in [5.41, 5.74) is 6.30. The summed E-state index contributed by atoms with van der Waals surface area (Å²) < 4.78 is 13.4. The van der Waals surface area contributed by atoms with Crippen molar-refractivity contribution in [1.29, 1.82) is 0 Å². The summed E-state index contributed by atoms with van der Waals surface area (Å²) in [5.74, 6) is -0.0277. The highest BCUT2D eigenvalue weighted by Gasteiger charge is 2.11. The van der Waals surface area contributed by atoms with E-state index in [1.165, 1.54) is 12.1 Å². The smallest absolute Gasteiger partial charge is 0.230 e. The summed E-state index contributed by atoms with van der Waals surface area (Å²) in [7, 11) is 0. The molecule has 0 radical (unpaired) electrons. The van der Waals surface area contributed by atoms with Gasteiger partial charge in [0.05, 0.1) is 12.1 Å². The number of aryl methyl sites for hydroxylation is 2. The van der Waals surface area contributed by atoms with E-state index in [0.29, 0.717) is 5.82 Å². The van der Waals surface area contributed by atoms with Gasteiger partial charge in [-0.15, -0.1) is 0 Å². The van der Waals surface area contributed by atoms with Crippen LogP contribution in [0.4, 0.5) is 10.2 Å².